The molecule has 2 saturated heterocycles. The Morgan fingerprint density at radius 3 is 2.41 bits per heavy atom. The monoisotopic (exact) mass is 260 g/mol. The van der Waals surface area contributed by atoms with Crippen LogP contribution in [0.3, 0.4) is 0 Å². The molecule has 0 radical (unpaired) electrons. The molecule has 3 nitrogen and oxygen atoms in total. The van der Waals surface area contributed by atoms with Crippen molar-refractivity contribution in [3.63, 3.8) is 0 Å². The summed E-state index contributed by atoms with van der Waals surface area (Å²) in [6.45, 7) is 6.87. The number of ketones is 1. The van der Waals surface area contributed by atoms with E-state index in [0.717, 1.165) is 12.3 Å². The van der Waals surface area contributed by atoms with E-state index in [1.807, 2.05) is 39.7 Å². The van der Waals surface area contributed by atoms with Gasteiger partial charge in [0.05, 0.1) is 11.4 Å². The molecule has 2 unspecified atom stereocenters. The molecule has 2 atom stereocenters. The van der Waals surface area contributed by atoms with Gasteiger partial charge in [0.2, 0.25) is 0 Å². The fraction of sp³-hybridized carbons (Fsp3) is 0.923. The van der Waals surface area contributed by atoms with Crippen molar-refractivity contribution < 1.29 is 4.79 Å². The molecule has 2 fully saturated rings. The van der Waals surface area contributed by atoms with Gasteiger partial charge in [0.15, 0.2) is 0 Å². The fourth-order valence-electron chi connectivity index (χ4n) is 2.11. The van der Waals surface area contributed by atoms with Gasteiger partial charge < -0.3 is 5.32 Å². The molecule has 2 rings (SSSR count). The Balaban J connectivity index is 0.000000450. The molecule has 2 aliphatic rings. The number of carbonyl (C=O) groups is 1. The quantitative estimate of drug-likeness (QED) is 0.784. The van der Waals surface area contributed by atoms with Crippen molar-refractivity contribution in [3.05, 3.63) is 0 Å². The zero-order chi connectivity index (χ0) is 13.3. The van der Waals surface area contributed by atoms with E-state index in [9.17, 15) is 4.79 Å². The average molecular weight is 260 g/mol. The van der Waals surface area contributed by atoms with E-state index in [1.165, 1.54) is 19.3 Å². The van der Waals surface area contributed by atoms with Crippen LogP contribution in [0.4, 0.5) is 0 Å². The number of piperidine rings is 1. The largest absolute Gasteiger partial charge is 0.323 e. The molecule has 2 aliphatic heterocycles. The van der Waals surface area contributed by atoms with Gasteiger partial charge >= 0.3 is 0 Å². The number of rotatable bonds is 1. The SMILES string of the molecule is CC.CC(=O)C1CSC2CCCCN21.CNC. The van der Waals surface area contributed by atoms with Gasteiger partial charge in [-0.3, -0.25) is 9.69 Å². The minimum absolute atomic E-state index is 0.236. The number of carbonyl (C=O) groups excluding carboxylic acids is 1. The van der Waals surface area contributed by atoms with Crippen LogP contribution in [0.2, 0.25) is 0 Å². The number of nitrogens with one attached hydrogen (secondary N) is 1. The lowest BCUT2D eigenvalue weighted by Crippen LogP contribution is -2.43. The molecule has 0 aromatic carbocycles. The number of hydrogen-bond acceptors (Lipinski definition) is 4. The van der Waals surface area contributed by atoms with E-state index < -0.39 is 0 Å². The topological polar surface area (TPSA) is 32.3 Å². The zero-order valence-electron chi connectivity index (χ0n) is 12.0. The molecule has 4 heteroatoms. The van der Waals surface area contributed by atoms with Crippen LogP contribution in [0.1, 0.15) is 40.0 Å². The highest BCUT2D eigenvalue weighted by Gasteiger charge is 2.37. The maximum atomic E-state index is 11.2. The lowest BCUT2D eigenvalue weighted by atomic mass is 10.1. The van der Waals surface area contributed by atoms with Crippen molar-refractivity contribution >= 4 is 17.5 Å². The number of nitrogens with zero attached hydrogens (tertiary/aromatic N) is 1. The number of Topliss-reactive ketones (excluding diaryl/α,β-unsaturated/α-hetero) is 1. The van der Waals surface area contributed by atoms with Gasteiger partial charge in [-0.1, -0.05) is 13.8 Å². The minimum atomic E-state index is 0.236. The van der Waals surface area contributed by atoms with E-state index in [1.54, 1.807) is 6.92 Å². The fourth-order valence-corrected chi connectivity index (χ4v) is 3.72. The van der Waals surface area contributed by atoms with Crippen molar-refractivity contribution in [2.75, 3.05) is 26.4 Å². The molecule has 0 bridgehead atoms. The maximum absolute atomic E-state index is 11.2. The smallest absolute Gasteiger partial charge is 0.147 e. The minimum Gasteiger partial charge on any atom is -0.323 e. The van der Waals surface area contributed by atoms with Crippen molar-refractivity contribution in [2.45, 2.75) is 51.4 Å². The summed E-state index contributed by atoms with van der Waals surface area (Å²) in [7, 11) is 3.75. The summed E-state index contributed by atoms with van der Waals surface area (Å²) < 4.78 is 0. The first-order valence-electron chi connectivity index (χ1n) is 6.67. The van der Waals surface area contributed by atoms with Crippen molar-refractivity contribution in [1.29, 1.82) is 0 Å². The average Bonchev–Trinajstić information content (AvgIpc) is 2.76. The van der Waals surface area contributed by atoms with E-state index in [2.05, 4.69) is 10.2 Å². The second-order valence-corrected chi connectivity index (χ2v) is 5.36. The molecule has 0 aromatic rings. The van der Waals surface area contributed by atoms with Gasteiger partial charge in [0.1, 0.15) is 5.78 Å². The van der Waals surface area contributed by atoms with Gasteiger partial charge in [-0.05, 0) is 46.8 Å². The molecule has 0 amide bonds. The standard InChI is InChI=1S/C9H15NOS.C2H7N.C2H6/c1-7(11)8-6-12-9-4-2-3-5-10(8)9;1-3-2;1-2/h8-9H,2-6H2,1H3;3H,1-2H3;1-2H3. The van der Waals surface area contributed by atoms with E-state index in [-0.39, 0.29) is 6.04 Å². The Morgan fingerprint density at radius 2 is 1.88 bits per heavy atom. The number of fused-ring (bicyclic) bond motifs is 1. The first-order chi connectivity index (χ1) is 8.20. The predicted molar refractivity (Wildman–Crippen MR) is 77.6 cm³/mol. The lowest BCUT2D eigenvalue weighted by molar-refractivity contribution is -0.121. The van der Waals surface area contributed by atoms with E-state index in [0.29, 0.717) is 11.2 Å². The lowest BCUT2D eigenvalue weighted by Gasteiger charge is -2.31. The van der Waals surface area contributed by atoms with Crippen LogP contribution in [0.15, 0.2) is 0 Å². The normalized spacial score (nSPS) is 27.1. The summed E-state index contributed by atoms with van der Waals surface area (Å²) >= 11 is 1.97. The third kappa shape index (κ3) is 5.40. The Morgan fingerprint density at radius 1 is 1.29 bits per heavy atom. The maximum Gasteiger partial charge on any atom is 0.147 e. The van der Waals surface area contributed by atoms with Crippen LogP contribution in [0, 0.1) is 0 Å². The first-order valence-corrected chi connectivity index (χ1v) is 7.72. The van der Waals surface area contributed by atoms with Gasteiger partial charge in [-0.2, -0.15) is 0 Å². The highest BCUT2D eigenvalue weighted by Crippen LogP contribution is 2.35. The summed E-state index contributed by atoms with van der Waals surface area (Å²) in [5.74, 6) is 1.38. The second kappa shape index (κ2) is 9.92. The summed E-state index contributed by atoms with van der Waals surface area (Å²) in [5.41, 5.74) is 0. The number of hydrogen-bond donors (Lipinski definition) is 1. The third-order valence-electron chi connectivity index (χ3n) is 2.80. The summed E-state index contributed by atoms with van der Waals surface area (Å²) in [4.78, 5) is 13.6. The van der Waals surface area contributed by atoms with Crippen LogP contribution in [-0.2, 0) is 4.79 Å². The van der Waals surface area contributed by atoms with Crippen molar-refractivity contribution in [3.8, 4) is 0 Å². The Kier molecular flexibility index (Phi) is 9.88. The second-order valence-electron chi connectivity index (χ2n) is 4.15. The van der Waals surface area contributed by atoms with E-state index >= 15 is 0 Å². The molecule has 1 N–H and O–H groups in total. The predicted octanol–water partition coefficient (Wildman–Crippen LogP) is 2.36. The van der Waals surface area contributed by atoms with Crippen LogP contribution in [-0.4, -0.2) is 48.5 Å². The van der Waals surface area contributed by atoms with Gasteiger partial charge in [0, 0.05) is 5.75 Å². The van der Waals surface area contributed by atoms with Gasteiger partial charge in [0.25, 0.3) is 0 Å². The van der Waals surface area contributed by atoms with Crippen LogP contribution in [0.25, 0.3) is 0 Å². The van der Waals surface area contributed by atoms with Crippen molar-refractivity contribution in [1.82, 2.24) is 10.2 Å². The third-order valence-corrected chi connectivity index (χ3v) is 4.20. The molecular formula is C13H28N2OS. The molecule has 17 heavy (non-hydrogen) atoms. The summed E-state index contributed by atoms with van der Waals surface area (Å²) in [6, 6.07) is 0.236. The Bertz CT molecular complexity index is 212. The summed E-state index contributed by atoms with van der Waals surface area (Å²) in [6.07, 6.45) is 3.91. The zero-order valence-corrected chi connectivity index (χ0v) is 12.8. The molecule has 0 aromatic heterocycles. The number of thioether (sulfide) groups is 1. The molecular weight excluding hydrogens is 232 g/mol. The van der Waals surface area contributed by atoms with Crippen LogP contribution < -0.4 is 5.32 Å². The van der Waals surface area contributed by atoms with Gasteiger partial charge in [-0.25, -0.2) is 0 Å². The van der Waals surface area contributed by atoms with Gasteiger partial charge in [-0.15, -0.1) is 11.8 Å². The highest BCUT2D eigenvalue weighted by atomic mass is 32.2. The molecule has 0 aliphatic carbocycles. The molecule has 102 valence electrons. The molecule has 2 heterocycles. The molecule has 0 spiro atoms. The summed E-state index contributed by atoms with van der Waals surface area (Å²) in [5, 5.41) is 3.41. The van der Waals surface area contributed by atoms with E-state index in [4.69, 9.17) is 0 Å². The Hall–Kier alpha value is -0.0600. The highest BCUT2D eigenvalue weighted by molar-refractivity contribution is 8.00. The Labute approximate surface area is 111 Å². The van der Waals surface area contributed by atoms with Crippen molar-refractivity contribution in [2.24, 2.45) is 0 Å². The first kappa shape index (κ1) is 16.9. The van der Waals surface area contributed by atoms with Crippen LogP contribution >= 0.6 is 11.8 Å². The molecule has 0 saturated carbocycles. The van der Waals surface area contributed by atoms with Crippen LogP contribution in [0.5, 0.6) is 0 Å².